The molecule has 22 heavy (non-hydrogen) atoms. The molecule has 1 unspecified atom stereocenters. The highest BCUT2D eigenvalue weighted by atomic mass is 19.4. The molecule has 0 saturated heterocycles. The minimum absolute atomic E-state index is 0.0189. The van der Waals surface area contributed by atoms with Crippen molar-refractivity contribution in [1.82, 2.24) is 14.8 Å². The van der Waals surface area contributed by atoms with Crippen LogP contribution < -0.4 is 0 Å². The fourth-order valence-electron chi connectivity index (χ4n) is 2.87. The molecule has 118 valence electrons. The number of fused-ring (bicyclic) bond motifs is 1. The summed E-state index contributed by atoms with van der Waals surface area (Å²) in [6, 6.07) is 5.03. The van der Waals surface area contributed by atoms with Crippen molar-refractivity contribution in [2.45, 2.75) is 37.9 Å². The van der Waals surface area contributed by atoms with E-state index in [9.17, 15) is 18.3 Å². The molecule has 0 saturated carbocycles. The van der Waals surface area contributed by atoms with Crippen molar-refractivity contribution < 1.29 is 18.3 Å². The van der Waals surface area contributed by atoms with Gasteiger partial charge in [-0.25, -0.2) is 0 Å². The van der Waals surface area contributed by atoms with Gasteiger partial charge in [0.1, 0.15) is 11.6 Å². The van der Waals surface area contributed by atoms with Crippen molar-refractivity contribution in [2.75, 3.05) is 6.61 Å². The van der Waals surface area contributed by atoms with E-state index in [4.69, 9.17) is 0 Å². The van der Waals surface area contributed by atoms with Crippen molar-refractivity contribution in [1.29, 1.82) is 0 Å². The second-order valence-corrected chi connectivity index (χ2v) is 5.50. The summed E-state index contributed by atoms with van der Waals surface area (Å²) in [4.78, 5) is 0. The van der Waals surface area contributed by atoms with Crippen LogP contribution in [0.2, 0.25) is 0 Å². The van der Waals surface area contributed by atoms with Gasteiger partial charge < -0.3 is 9.67 Å². The average molecular weight is 311 g/mol. The molecule has 4 nitrogen and oxygen atoms in total. The smallest absolute Gasteiger partial charge is 0.394 e. The molecule has 0 spiro atoms. The summed E-state index contributed by atoms with van der Waals surface area (Å²) in [6.45, 7) is 0.0189. The van der Waals surface area contributed by atoms with Gasteiger partial charge in [-0.1, -0.05) is 12.1 Å². The maximum absolute atomic E-state index is 12.6. The van der Waals surface area contributed by atoms with Gasteiger partial charge in [0.25, 0.3) is 0 Å². The Morgan fingerprint density at radius 3 is 2.55 bits per heavy atom. The first-order chi connectivity index (χ1) is 10.5. The highest BCUT2D eigenvalue weighted by Gasteiger charge is 2.30. The number of halogens is 3. The largest absolute Gasteiger partial charge is 0.416 e. The van der Waals surface area contributed by atoms with Crippen LogP contribution in [0.25, 0.3) is 0 Å². The Balaban J connectivity index is 1.84. The number of aliphatic hydroxyl groups is 1. The Labute approximate surface area is 125 Å². The molecular weight excluding hydrogens is 295 g/mol. The van der Waals surface area contributed by atoms with Crippen molar-refractivity contribution in [3.05, 3.63) is 47.0 Å². The van der Waals surface area contributed by atoms with Gasteiger partial charge in [0.2, 0.25) is 0 Å². The number of hydrogen-bond acceptors (Lipinski definition) is 3. The van der Waals surface area contributed by atoms with E-state index in [-0.39, 0.29) is 12.6 Å². The summed E-state index contributed by atoms with van der Waals surface area (Å²) in [5.74, 6) is 1.53. The van der Waals surface area contributed by atoms with E-state index in [0.717, 1.165) is 42.8 Å². The second-order valence-electron chi connectivity index (χ2n) is 5.50. The predicted octanol–water partition coefficient (Wildman–Crippen LogP) is 2.76. The minimum Gasteiger partial charge on any atom is -0.394 e. The number of alkyl halides is 3. The first-order valence-corrected chi connectivity index (χ1v) is 7.18. The molecule has 1 aliphatic heterocycles. The Morgan fingerprint density at radius 1 is 1.18 bits per heavy atom. The highest BCUT2D eigenvalue weighted by molar-refractivity contribution is 5.27. The molecule has 0 fully saturated rings. The standard InChI is InChI=1S/C15H16F3N3O/c16-15(17,18)11-6-4-10(5-7-11)8-14-20-19-13-3-1-2-12(9-22)21(13)14/h4-7,12,22H,1-3,8-9H2. The van der Waals surface area contributed by atoms with Gasteiger partial charge in [-0.05, 0) is 30.5 Å². The minimum atomic E-state index is -4.32. The monoisotopic (exact) mass is 311 g/mol. The first kappa shape index (κ1) is 15.0. The van der Waals surface area contributed by atoms with Crippen LogP contribution in [0.4, 0.5) is 13.2 Å². The highest BCUT2D eigenvalue weighted by Crippen LogP contribution is 2.30. The Kier molecular flexibility index (Phi) is 3.90. The maximum atomic E-state index is 12.6. The van der Waals surface area contributed by atoms with Crippen LogP contribution >= 0.6 is 0 Å². The van der Waals surface area contributed by atoms with Crippen LogP contribution in [0.5, 0.6) is 0 Å². The van der Waals surface area contributed by atoms with Gasteiger partial charge in [0.15, 0.2) is 0 Å². The van der Waals surface area contributed by atoms with Crippen molar-refractivity contribution in [3.8, 4) is 0 Å². The third-order valence-electron chi connectivity index (χ3n) is 3.99. The summed E-state index contributed by atoms with van der Waals surface area (Å²) >= 11 is 0. The topological polar surface area (TPSA) is 50.9 Å². The first-order valence-electron chi connectivity index (χ1n) is 7.18. The van der Waals surface area contributed by atoms with E-state index >= 15 is 0 Å². The molecule has 1 atom stereocenters. The Morgan fingerprint density at radius 2 is 1.91 bits per heavy atom. The van der Waals surface area contributed by atoms with E-state index in [0.29, 0.717) is 12.2 Å². The predicted molar refractivity (Wildman–Crippen MR) is 73.3 cm³/mol. The fraction of sp³-hybridized carbons (Fsp3) is 0.467. The lowest BCUT2D eigenvalue weighted by atomic mass is 10.0. The summed E-state index contributed by atoms with van der Waals surface area (Å²) in [5.41, 5.74) is 0.0817. The van der Waals surface area contributed by atoms with E-state index < -0.39 is 11.7 Å². The normalized spacial score (nSPS) is 18.3. The number of hydrogen-bond donors (Lipinski definition) is 1. The molecule has 0 amide bonds. The van der Waals surface area contributed by atoms with Crippen LogP contribution in [0.15, 0.2) is 24.3 Å². The molecule has 0 bridgehead atoms. The maximum Gasteiger partial charge on any atom is 0.416 e. The molecule has 2 heterocycles. The second kappa shape index (κ2) is 5.72. The molecule has 1 N–H and O–H groups in total. The molecule has 3 rings (SSSR count). The van der Waals surface area contributed by atoms with E-state index in [1.165, 1.54) is 12.1 Å². The van der Waals surface area contributed by atoms with E-state index in [2.05, 4.69) is 10.2 Å². The van der Waals surface area contributed by atoms with Crippen LogP contribution in [0.1, 0.15) is 41.7 Å². The Bertz CT molecular complexity index is 649. The number of aryl methyl sites for hydroxylation is 1. The van der Waals surface area contributed by atoms with Gasteiger partial charge in [0.05, 0.1) is 18.2 Å². The number of benzene rings is 1. The van der Waals surface area contributed by atoms with Gasteiger partial charge in [0, 0.05) is 12.8 Å². The molecule has 0 radical (unpaired) electrons. The number of rotatable bonds is 3. The van der Waals surface area contributed by atoms with Crippen molar-refractivity contribution in [3.63, 3.8) is 0 Å². The summed E-state index contributed by atoms with van der Waals surface area (Å²) in [5, 5.41) is 17.7. The third kappa shape index (κ3) is 2.85. The molecule has 1 aliphatic rings. The molecule has 0 aliphatic carbocycles. The summed E-state index contributed by atoms with van der Waals surface area (Å²) in [6.07, 6.45) is -1.28. The zero-order valence-corrected chi connectivity index (χ0v) is 11.8. The summed E-state index contributed by atoms with van der Waals surface area (Å²) in [7, 11) is 0. The molecule has 1 aromatic carbocycles. The molecule has 7 heteroatoms. The van der Waals surface area contributed by atoms with Gasteiger partial charge in [-0.2, -0.15) is 13.2 Å². The molecule has 2 aromatic rings. The molecular formula is C15H16F3N3O. The number of aliphatic hydroxyl groups excluding tert-OH is 1. The van der Waals surface area contributed by atoms with E-state index in [1.807, 2.05) is 4.57 Å². The number of aromatic nitrogens is 3. The van der Waals surface area contributed by atoms with Crippen LogP contribution in [0, 0.1) is 0 Å². The quantitative estimate of drug-likeness (QED) is 0.948. The Hall–Kier alpha value is -1.89. The summed E-state index contributed by atoms with van der Waals surface area (Å²) < 4.78 is 39.6. The van der Waals surface area contributed by atoms with Gasteiger partial charge in [-0.15, -0.1) is 10.2 Å². The van der Waals surface area contributed by atoms with Crippen LogP contribution in [0.3, 0.4) is 0 Å². The van der Waals surface area contributed by atoms with Gasteiger partial charge >= 0.3 is 6.18 Å². The lowest BCUT2D eigenvalue weighted by Gasteiger charge is -2.24. The van der Waals surface area contributed by atoms with Crippen molar-refractivity contribution >= 4 is 0 Å². The lowest BCUT2D eigenvalue weighted by Crippen LogP contribution is -2.23. The van der Waals surface area contributed by atoms with Crippen molar-refractivity contribution in [2.24, 2.45) is 0 Å². The third-order valence-corrected chi connectivity index (χ3v) is 3.99. The lowest BCUT2D eigenvalue weighted by molar-refractivity contribution is -0.137. The molecule has 1 aromatic heterocycles. The zero-order valence-electron chi connectivity index (χ0n) is 11.8. The zero-order chi connectivity index (χ0) is 15.7. The number of nitrogens with zero attached hydrogens (tertiary/aromatic N) is 3. The van der Waals surface area contributed by atoms with Crippen LogP contribution in [-0.2, 0) is 19.0 Å². The fourth-order valence-corrected chi connectivity index (χ4v) is 2.87. The van der Waals surface area contributed by atoms with E-state index in [1.54, 1.807) is 0 Å². The SMILES string of the molecule is OCC1CCCc2nnc(Cc3ccc(C(F)(F)F)cc3)n21. The van der Waals surface area contributed by atoms with Crippen LogP contribution in [-0.4, -0.2) is 26.5 Å². The van der Waals surface area contributed by atoms with Gasteiger partial charge in [-0.3, -0.25) is 0 Å². The average Bonchev–Trinajstić information content (AvgIpc) is 2.90.